The minimum Gasteiger partial charge on any atom is -0.287 e. The van der Waals surface area contributed by atoms with Crippen LogP contribution in [0.15, 0.2) is 89.4 Å². The predicted octanol–water partition coefficient (Wildman–Crippen LogP) is 4.91. The molecule has 0 saturated heterocycles. The fourth-order valence-electron chi connectivity index (χ4n) is 3.11. The van der Waals surface area contributed by atoms with Gasteiger partial charge in [-0.25, -0.2) is 4.68 Å². The van der Waals surface area contributed by atoms with Gasteiger partial charge in [0, 0.05) is 16.5 Å². The molecule has 0 saturated carbocycles. The van der Waals surface area contributed by atoms with E-state index in [-0.39, 0.29) is 5.78 Å². The number of carbonyl (C=O) groups excluding carboxylic acids is 1. The van der Waals surface area contributed by atoms with Gasteiger partial charge in [-0.05, 0) is 35.4 Å². The highest BCUT2D eigenvalue weighted by Crippen LogP contribution is 2.19. The maximum absolute atomic E-state index is 13.3. The topological polar surface area (TPSA) is 47.8 Å². The van der Waals surface area contributed by atoms with Gasteiger partial charge in [0.05, 0.1) is 12.2 Å². The van der Waals surface area contributed by atoms with Crippen molar-refractivity contribution >= 4 is 21.7 Å². The zero-order valence-electron chi connectivity index (χ0n) is 15.1. The summed E-state index contributed by atoms with van der Waals surface area (Å²) in [7, 11) is 0. The molecule has 0 atom stereocenters. The van der Waals surface area contributed by atoms with Crippen LogP contribution >= 0.6 is 15.9 Å². The summed E-state index contributed by atoms with van der Waals surface area (Å²) in [5.74, 6) is -0.0700. The van der Waals surface area contributed by atoms with Crippen molar-refractivity contribution in [1.29, 1.82) is 0 Å². The summed E-state index contributed by atoms with van der Waals surface area (Å²) in [5, 5.41) is 8.66. The average molecular weight is 432 g/mol. The third-order valence-corrected chi connectivity index (χ3v) is 5.04. The lowest BCUT2D eigenvalue weighted by molar-refractivity contribution is 0.102. The minimum absolute atomic E-state index is 0.0700. The number of ketones is 1. The van der Waals surface area contributed by atoms with Crippen molar-refractivity contribution in [1.82, 2.24) is 15.0 Å². The van der Waals surface area contributed by atoms with Crippen molar-refractivity contribution in [3.05, 3.63) is 117 Å². The van der Waals surface area contributed by atoms with Gasteiger partial charge in [0.25, 0.3) is 0 Å². The lowest BCUT2D eigenvalue weighted by atomic mass is 10.0. The van der Waals surface area contributed by atoms with E-state index in [1.165, 1.54) is 0 Å². The van der Waals surface area contributed by atoms with Crippen LogP contribution in [0.2, 0.25) is 0 Å². The van der Waals surface area contributed by atoms with Crippen molar-refractivity contribution in [2.24, 2.45) is 0 Å². The summed E-state index contributed by atoms with van der Waals surface area (Å²) in [6.45, 7) is 0.500. The number of hydrogen-bond acceptors (Lipinski definition) is 3. The fraction of sp³-hybridized carbons (Fsp3) is 0.0870. The monoisotopic (exact) mass is 431 g/mol. The molecule has 0 aliphatic rings. The molecule has 0 fully saturated rings. The van der Waals surface area contributed by atoms with Crippen LogP contribution in [-0.2, 0) is 13.0 Å². The molecule has 5 heteroatoms. The van der Waals surface area contributed by atoms with Gasteiger partial charge in [-0.3, -0.25) is 4.79 Å². The molecule has 0 aliphatic carbocycles. The molecule has 0 radical (unpaired) electrons. The summed E-state index contributed by atoms with van der Waals surface area (Å²) in [6.07, 6.45) is 0.563. The van der Waals surface area contributed by atoms with Gasteiger partial charge in [-0.15, -0.1) is 5.10 Å². The van der Waals surface area contributed by atoms with Crippen molar-refractivity contribution in [3.8, 4) is 0 Å². The predicted molar refractivity (Wildman–Crippen MR) is 112 cm³/mol. The number of rotatable bonds is 6. The summed E-state index contributed by atoms with van der Waals surface area (Å²) in [6, 6.07) is 27.4. The summed E-state index contributed by atoms with van der Waals surface area (Å²) >= 11 is 3.42. The first-order valence-corrected chi connectivity index (χ1v) is 9.80. The van der Waals surface area contributed by atoms with Gasteiger partial charge in [0.1, 0.15) is 5.69 Å². The average Bonchev–Trinajstić information content (AvgIpc) is 3.11. The van der Waals surface area contributed by atoms with Crippen LogP contribution in [-0.4, -0.2) is 20.8 Å². The second-order valence-electron chi connectivity index (χ2n) is 6.53. The fourth-order valence-corrected chi connectivity index (χ4v) is 3.37. The number of hydrogen-bond donors (Lipinski definition) is 0. The Kier molecular flexibility index (Phi) is 5.44. The van der Waals surface area contributed by atoms with Crippen molar-refractivity contribution in [2.45, 2.75) is 13.0 Å². The summed E-state index contributed by atoms with van der Waals surface area (Å²) in [5.41, 5.74) is 4.02. The van der Waals surface area contributed by atoms with Crippen LogP contribution in [0.3, 0.4) is 0 Å². The molecule has 4 aromatic rings. The number of carbonyl (C=O) groups is 1. The first kappa shape index (κ1) is 18.3. The second-order valence-corrected chi connectivity index (χ2v) is 7.44. The molecule has 1 aromatic heterocycles. The zero-order valence-corrected chi connectivity index (χ0v) is 16.7. The summed E-state index contributed by atoms with van der Waals surface area (Å²) in [4.78, 5) is 13.3. The van der Waals surface area contributed by atoms with Gasteiger partial charge < -0.3 is 0 Å². The lowest BCUT2D eigenvalue weighted by Crippen LogP contribution is -2.14. The van der Waals surface area contributed by atoms with E-state index >= 15 is 0 Å². The van der Waals surface area contributed by atoms with Crippen LogP contribution in [0, 0.1) is 0 Å². The molecule has 0 bridgehead atoms. The molecule has 0 N–H and O–H groups in total. The molecule has 1 heterocycles. The van der Waals surface area contributed by atoms with Crippen LogP contribution in [0.1, 0.15) is 32.9 Å². The first-order valence-electron chi connectivity index (χ1n) is 9.01. The first-order chi connectivity index (χ1) is 13.7. The van der Waals surface area contributed by atoms with Crippen molar-refractivity contribution in [3.63, 3.8) is 0 Å². The number of benzene rings is 3. The highest BCUT2D eigenvalue weighted by molar-refractivity contribution is 9.10. The Morgan fingerprint density at radius 2 is 1.43 bits per heavy atom. The molecular weight excluding hydrogens is 414 g/mol. The van der Waals surface area contributed by atoms with E-state index < -0.39 is 0 Å². The van der Waals surface area contributed by atoms with E-state index in [9.17, 15) is 4.79 Å². The van der Waals surface area contributed by atoms with Crippen LogP contribution in [0.25, 0.3) is 0 Å². The van der Waals surface area contributed by atoms with E-state index in [0.29, 0.717) is 29.9 Å². The van der Waals surface area contributed by atoms with Crippen LogP contribution in [0.4, 0.5) is 0 Å². The molecule has 0 unspecified atom stereocenters. The molecule has 4 nitrogen and oxygen atoms in total. The standard InChI is InChI=1S/C23H18BrN3O/c24-20-13-11-19(12-14-20)23(28)22-21(15-17-7-3-1-4-8-17)25-26-27(22)16-18-9-5-2-6-10-18/h1-14H,15-16H2. The van der Waals surface area contributed by atoms with Gasteiger partial charge in [-0.1, -0.05) is 81.8 Å². The minimum atomic E-state index is -0.0700. The zero-order chi connectivity index (χ0) is 19.3. The van der Waals surface area contributed by atoms with Crippen molar-refractivity contribution in [2.75, 3.05) is 0 Å². The molecule has 0 aliphatic heterocycles. The summed E-state index contributed by atoms with van der Waals surface area (Å²) < 4.78 is 2.64. The Labute approximate surface area is 172 Å². The molecule has 28 heavy (non-hydrogen) atoms. The maximum Gasteiger partial charge on any atom is 0.213 e. The van der Waals surface area contributed by atoms with E-state index in [1.807, 2.05) is 84.9 Å². The normalized spacial score (nSPS) is 10.8. The molecule has 138 valence electrons. The van der Waals surface area contributed by atoms with Gasteiger partial charge >= 0.3 is 0 Å². The SMILES string of the molecule is O=C(c1ccc(Br)cc1)c1c(Cc2ccccc2)nnn1Cc1ccccc1. The quantitative estimate of drug-likeness (QED) is 0.407. The Morgan fingerprint density at radius 1 is 0.821 bits per heavy atom. The highest BCUT2D eigenvalue weighted by atomic mass is 79.9. The highest BCUT2D eigenvalue weighted by Gasteiger charge is 2.22. The number of aromatic nitrogens is 3. The molecule has 4 rings (SSSR count). The molecular formula is C23H18BrN3O. The largest absolute Gasteiger partial charge is 0.287 e. The molecule has 0 spiro atoms. The Balaban J connectivity index is 1.74. The Morgan fingerprint density at radius 3 is 2.07 bits per heavy atom. The third kappa shape index (κ3) is 4.10. The number of nitrogens with zero attached hydrogens (tertiary/aromatic N) is 3. The molecule has 0 amide bonds. The van der Waals surface area contributed by atoms with Gasteiger partial charge in [-0.2, -0.15) is 0 Å². The maximum atomic E-state index is 13.3. The van der Waals surface area contributed by atoms with Crippen LogP contribution in [0.5, 0.6) is 0 Å². The smallest absolute Gasteiger partial charge is 0.213 e. The third-order valence-electron chi connectivity index (χ3n) is 4.52. The van der Waals surface area contributed by atoms with E-state index in [2.05, 4.69) is 26.2 Å². The number of halogens is 1. The van der Waals surface area contributed by atoms with E-state index in [4.69, 9.17) is 0 Å². The molecule has 3 aromatic carbocycles. The second kappa shape index (κ2) is 8.31. The van der Waals surface area contributed by atoms with E-state index in [1.54, 1.807) is 4.68 Å². The van der Waals surface area contributed by atoms with Crippen molar-refractivity contribution < 1.29 is 4.79 Å². The van der Waals surface area contributed by atoms with Gasteiger partial charge in [0.15, 0.2) is 0 Å². The Bertz CT molecular complexity index is 1020. The van der Waals surface area contributed by atoms with E-state index in [0.717, 1.165) is 15.6 Å². The van der Waals surface area contributed by atoms with Gasteiger partial charge in [0.2, 0.25) is 5.78 Å². The Hall–Kier alpha value is -3.05. The van der Waals surface area contributed by atoms with Crippen LogP contribution < -0.4 is 0 Å². The lowest BCUT2D eigenvalue weighted by Gasteiger charge is -2.08.